The largest absolute Gasteiger partial charge is 0.508 e. The van der Waals surface area contributed by atoms with Crippen LogP contribution in [0.1, 0.15) is 20.8 Å². The molecule has 5 nitrogen and oxygen atoms in total. The summed E-state index contributed by atoms with van der Waals surface area (Å²) in [7, 11) is 0. The molecule has 0 aromatic heterocycles. The van der Waals surface area contributed by atoms with Gasteiger partial charge < -0.3 is 10.0 Å². The maximum atomic E-state index is 13.0. The van der Waals surface area contributed by atoms with Crippen molar-refractivity contribution in [3.8, 4) is 5.75 Å². The van der Waals surface area contributed by atoms with E-state index in [4.69, 9.17) is 0 Å². The highest BCUT2D eigenvalue weighted by atomic mass is 32.2. The quantitative estimate of drug-likeness (QED) is 0.603. The van der Waals surface area contributed by atoms with E-state index in [2.05, 4.69) is 37.2 Å². The number of amides is 1. The first-order valence-electron chi connectivity index (χ1n) is 8.31. The Balaban J connectivity index is 2.02. The Morgan fingerprint density at radius 3 is 2.69 bits per heavy atom. The standard InChI is InChI=1S/C19H21N3O2S2/c1-5-10-22-17(24)16(18-21(6-2)12(3)13(4)25-18)26-19(22)20-14-8-7-9-15(23)11-14/h5,7-9,11,23H,1,6,10H2,2-4H3/b18-16-,20-19?. The average molecular weight is 388 g/mol. The van der Waals surface area contributed by atoms with E-state index < -0.39 is 0 Å². The van der Waals surface area contributed by atoms with Crippen LogP contribution in [0, 0.1) is 0 Å². The third-order valence-corrected chi connectivity index (χ3v) is 6.56. The van der Waals surface area contributed by atoms with Gasteiger partial charge in [-0.05, 0) is 44.7 Å². The number of rotatable bonds is 4. The lowest BCUT2D eigenvalue weighted by Crippen LogP contribution is -2.29. The molecule has 2 heterocycles. The highest BCUT2D eigenvalue weighted by Gasteiger charge is 2.38. The van der Waals surface area contributed by atoms with E-state index in [1.54, 1.807) is 47.0 Å². The first kappa shape index (κ1) is 18.7. The SMILES string of the molecule is C=CCN1C(=O)/C(=C2/SC(C)=C(C)N2CC)SC1=Nc1cccc(O)c1. The summed E-state index contributed by atoms with van der Waals surface area (Å²) in [5.74, 6) is 0.0891. The molecule has 1 amide bonds. The number of phenols is 1. The van der Waals surface area contributed by atoms with Gasteiger partial charge in [-0.25, -0.2) is 4.99 Å². The summed E-state index contributed by atoms with van der Waals surface area (Å²) in [5, 5.41) is 11.2. The van der Waals surface area contributed by atoms with Crippen molar-refractivity contribution in [3.05, 3.63) is 57.5 Å². The molecule has 1 aromatic rings. The van der Waals surface area contributed by atoms with E-state index in [1.165, 1.54) is 22.4 Å². The molecule has 1 aromatic carbocycles. The normalized spacial score (nSPS) is 22.1. The van der Waals surface area contributed by atoms with Gasteiger partial charge >= 0.3 is 0 Å². The number of carbonyl (C=O) groups is 1. The first-order valence-corrected chi connectivity index (χ1v) is 9.95. The number of nitrogens with zero attached hydrogens (tertiary/aromatic N) is 3. The van der Waals surface area contributed by atoms with Gasteiger partial charge in [0.15, 0.2) is 5.17 Å². The van der Waals surface area contributed by atoms with Crippen LogP contribution in [-0.2, 0) is 4.79 Å². The third-order valence-electron chi connectivity index (χ3n) is 4.15. The number of aromatic hydroxyl groups is 1. The molecule has 0 bridgehead atoms. The minimum absolute atomic E-state index is 0.0581. The Kier molecular flexibility index (Phi) is 5.48. The lowest BCUT2D eigenvalue weighted by molar-refractivity contribution is -0.122. The topological polar surface area (TPSA) is 56.1 Å². The number of carbonyl (C=O) groups excluding carboxylic acids is 1. The molecule has 0 atom stereocenters. The van der Waals surface area contributed by atoms with Gasteiger partial charge in [0.25, 0.3) is 5.91 Å². The molecule has 1 saturated heterocycles. The molecule has 0 saturated carbocycles. The second-order valence-electron chi connectivity index (χ2n) is 5.84. The van der Waals surface area contributed by atoms with Gasteiger partial charge in [0.05, 0.1) is 10.7 Å². The summed E-state index contributed by atoms with van der Waals surface area (Å²) in [6, 6.07) is 6.70. The second-order valence-corrected chi connectivity index (χ2v) is 8.02. The third kappa shape index (κ3) is 3.41. The highest BCUT2D eigenvalue weighted by Crippen LogP contribution is 2.47. The van der Waals surface area contributed by atoms with Crippen LogP contribution in [0.3, 0.4) is 0 Å². The zero-order chi connectivity index (χ0) is 18.8. The zero-order valence-electron chi connectivity index (χ0n) is 15.0. The fourth-order valence-corrected chi connectivity index (χ4v) is 5.10. The molecule has 1 fully saturated rings. The van der Waals surface area contributed by atoms with E-state index in [0.717, 1.165) is 11.6 Å². The molecule has 7 heteroatoms. The van der Waals surface area contributed by atoms with Crippen LogP contribution in [-0.4, -0.2) is 39.1 Å². The van der Waals surface area contributed by atoms with Crippen molar-refractivity contribution in [1.82, 2.24) is 9.80 Å². The van der Waals surface area contributed by atoms with Gasteiger partial charge in [-0.2, -0.15) is 0 Å². The predicted molar refractivity (Wildman–Crippen MR) is 110 cm³/mol. The van der Waals surface area contributed by atoms with Crippen molar-refractivity contribution < 1.29 is 9.90 Å². The molecule has 2 aliphatic heterocycles. The highest BCUT2D eigenvalue weighted by molar-refractivity contribution is 8.19. The average Bonchev–Trinajstić information content (AvgIpc) is 3.06. The summed E-state index contributed by atoms with van der Waals surface area (Å²) < 4.78 is 0. The number of phenolic OH excluding ortho intramolecular Hbond substituents is 1. The van der Waals surface area contributed by atoms with Gasteiger partial charge in [0.1, 0.15) is 10.7 Å². The lowest BCUT2D eigenvalue weighted by Gasteiger charge is -2.20. The van der Waals surface area contributed by atoms with E-state index >= 15 is 0 Å². The Hall–Kier alpha value is -2.12. The predicted octanol–water partition coefficient (Wildman–Crippen LogP) is 4.63. The smallest absolute Gasteiger partial charge is 0.269 e. The van der Waals surface area contributed by atoms with E-state index in [-0.39, 0.29) is 11.7 Å². The number of benzene rings is 1. The van der Waals surface area contributed by atoms with Crippen molar-refractivity contribution in [3.63, 3.8) is 0 Å². The van der Waals surface area contributed by atoms with E-state index in [0.29, 0.717) is 22.3 Å². The maximum absolute atomic E-state index is 13.0. The van der Waals surface area contributed by atoms with Gasteiger partial charge in [-0.15, -0.1) is 6.58 Å². The van der Waals surface area contributed by atoms with Crippen molar-refractivity contribution in [2.24, 2.45) is 4.99 Å². The number of hydrogen-bond acceptors (Lipinski definition) is 6. The number of hydrogen-bond donors (Lipinski definition) is 1. The molecule has 136 valence electrons. The minimum atomic E-state index is -0.0581. The van der Waals surface area contributed by atoms with Crippen LogP contribution in [0.5, 0.6) is 5.75 Å². The molecular weight excluding hydrogens is 366 g/mol. The number of allylic oxidation sites excluding steroid dienone is 2. The fraction of sp³-hybridized carbons (Fsp3) is 0.263. The Morgan fingerprint density at radius 2 is 2.04 bits per heavy atom. The van der Waals surface area contributed by atoms with Crippen LogP contribution in [0.15, 0.2) is 62.4 Å². The molecule has 3 rings (SSSR count). The van der Waals surface area contributed by atoms with E-state index in [1.807, 2.05) is 0 Å². The Morgan fingerprint density at radius 1 is 1.27 bits per heavy atom. The molecule has 2 aliphatic rings. The van der Waals surface area contributed by atoms with Crippen molar-refractivity contribution in [1.29, 1.82) is 0 Å². The summed E-state index contributed by atoms with van der Waals surface area (Å²) in [4.78, 5) is 23.3. The van der Waals surface area contributed by atoms with Crippen molar-refractivity contribution >= 4 is 40.3 Å². The number of thioether (sulfide) groups is 2. The van der Waals surface area contributed by atoms with Crippen LogP contribution >= 0.6 is 23.5 Å². The molecular formula is C19H21N3O2S2. The lowest BCUT2D eigenvalue weighted by atomic mass is 10.3. The Bertz CT molecular complexity index is 858. The number of aliphatic imine (C=N–C) groups is 1. The van der Waals surface area contributed by atoms with Crippen LogP contribution in [0.4, 0.5) is 5.69 Å². The fourth-order valence-electron chi connectivity index (χ4n) is 2.75. The van der Waals surface area contributed by atoms with Gasteiger partial charge in [-0.1, -0.05) is 23.9 Å². The van der Waals surface area contributed by atoms with Gasteiger partial charge in [0, 0.05) is 29.8 Å². The number of amidine groups is 1. The molecule has 0 spiro atoms. The van der Waals surface area contributed by atoms with Gasteiger partial charge in [0.2, 0.25) is 0 Å². The maximum Gasteiger partial charge on any atom is 0.269 e. The Labute approximate surface area is 162 Å². The molecule has 26 heavy (non-hydrogen) atoms. The molecule has 0 aliphatic carbocycles. The monoisotopic (exact) mass is 387 g/mol. The molecule has 0 radical (unpaired) electrons. The van der Waals surface area contributed by atoms with Crippen LogP contribution < -0.4 is 0 Å². The molecule has 0 unspecified atom stereocenters. The van der Waals surface area contributed by atoms with Crippen molar-refractivity contribution in [2.75, 3.05) is 13.1 Å². The summed E-state index contributed by atoms with van der Waals surface area (Å²) in [6.45, 7) is 11.2. The summed E-state index contributed by atoms with van der Waals surface area (Å²) in [6.07, 6.45) is 1.69. The first-order chi connectivity index (χ1) is 12.5. The van der Waals surface area contributed by atoms with Crippen LogP contribution in [0.25, 0.3) is 0 Å². The van der Waals surface area contributed by atoms with E-state index in [9.17, 15) is 9.90 Å². The summed E-state index contributed by atoms with van der Waals surface area (Å²) >= 11 is 3.01. The zero-order valence-corrected chi connectivity index (χ0v) is 16.7. The van der Waals surface area contributed by atoms with Crippen LogP contribution in [0.2, 0.25) is 0 Å². The van der Waals surface area contributed by atoms with Gasteiger partial charge in [-0.3, -0.25) is 9.69 Å². The van der Waals surface area contributed by atoms with Crippen molar-refractivity contribution in [2.45, 2.75) is 20.8 Å². The summed E-state index contributed by atoms with van der Waals surface area (Å²) in [5.41, 5.74) is 1.79. The minimum Gasteiger partial charge on any atom is -0.508 e. The molecule has 1 N–H and O–H groups in total. The second kappa shape index (κ2) is 7.63.